The van der Waals surface area contributed by atoms with Gasteiger partial charge in [-0.05, 0) is 12.1 Å². The maximum Gasteiger partial charge on any atom is 0.271 e. The van der Waals surface area contributed by atoms with Gasteiger partial charge in [-0.2, -0.15) is 5.10 Å². The Labute approximate surface area is 124 Å². The second-order valence-corrected chi connectivity index (χ2v) is 4.60. The molecule has 0 unspecified atom stereocenters. The van der Waals surface area contributed by atoms with Crippen LogP contribution in [0.15, 0.2) is 35.1 Å². The molecule has 0 saturated heterocycles. The minimum Gasteiger partial charge on any atom is -0.389 e. The summed E-state index contributed by atoms with van der Waals surface area (Å²) < 4.78 is 13.8. The van der Waals surface area contributed by atoms with Gasteiger partial charge >= 0.3 is 0 Å². The SMILES string of the molecule is NC(=S)c1ccc(CNC(=O)c2ccc(=O)[nH]n2)c(F)c1. The van der Waals surface area contributed by atoms with Crippen molar-refractivity contribution in [1.82, 2.24) is 15.5 Å². The van der Waals surface area contributed by atoms with Crippen molar-refractivity contribution in [3.8, 4) is 0 Å². The highest BCUT2D eigenvalue weighted by molar-refractivity contribution is 7.80. The standard InChI is InChI=1S/C13H11FN4O2S/c14-9-5-7(12(15)21)1-2-8(9)6-16-13(20)10-3-4-11(19)18-17-10/h1-5H,6H2,(H2,15,21)(H,16,20)(H,18,19). The first kappa shape index (κ1) is 14.8. The number of rotatable bonds is 4. The van der Waals surface area contributed by atoms with E-state index in [1.165, 1.54) is 24.3 Å². The monoisotopic (exact) mass is 306 g/mol. The van der Waals surface area contributed by atoms with Gasteiger partial charge in [-0.3, -0.25) is 9.59 Å². The molecular formula is C13H11FN4O2S. The zero-order chi connectivity index (χ0) is 15.4. The number of thiocarbonyl (C=S) groups is 1. The van der Waals surface area contributed by atoms with Gasteiger partial charge in [0.15, 0.2) is 0 Å². The van der Waals surface area contributed by atoms with Crippen molar-refractivity contribution >= 4 is 23.1 Å². The molecule has 4 N–H and O–H groups in total. The molecule has 0 fully saturated rings. The molecule has 0 bridgehead atoms. The fourth-order valence-corrected chi connectivity index (χ4v) is 1.71. The Bertz CT molecular complexity index is 740. The average Bonchev–Trinajstić information content (AvgIpc) is 2.46. The number of aromatic amines is 1. The highest BCUT2D eigenvalue weighted by atomic mass is 32.1. The summed E-state index contributed by atoms with van der Waals surface area (Å²) in [5.74, 6) is -1.04. The lowest BCUT2D eigenvalue weighted by atomic mass is 10.1. The van der Waals surface area contributed by atoms with Crippen LogP contribution in [0, 0.1) is 5.82 Å². The van der Waals surface area contributed by atoms with Crippen molar-refractivity contribution < 1.29 is 9.18 Å². The summed E-state index contributed by atoms with van der Waals surface area (Å²) in [7, 11) is 0. The third-order valence-electron chi connectivity index (χ3n) is 2.69. The molecule has 0 atom stereocenters. The number of hydrogen-bond acceptors (Lipinski definition) is 4. The van der Waals surface area contributed by atoms with Crippen LogP contribution >= 0.6 is 12.2 Å². The van der Waals surface area contributed by atoms with Crippen molar-refractivity contribution in [3.63, 3.8) is 0 Å². The number of nitrogens with one attached hydrogen (secondary N) is 2. The van der Waals surface area contributed by atoms with E-state index in [4.69, 9.17) is 18.0 Å². The van der Waals surface area contributed by atoms with E-state index in [1.807, 2.05) is 0 Å². The number of halogens is 1. The number of nitrogens with zero attached hydrogens (tertiary/aromatic N) is 1. The van der Waals surface area contributed by atoms with Crippen LogP contribution in [0.1, 0.15) is 21.6 Å². The number of H-pyrrole nitrogens is 1. The largest absolute Gasteiger partial charge is 0.389 e. The molecule has 0 aliphatic heterocycles. The van der Waals surface area contributed by atoms with Crippen LogP contribution in [0.2, 0.25) is 0 Å². The third kappa shape index (κ3) is 3.69. The Morgan fingerprint density at radius 1 is 1.38 bits per heavy atom. The molecule has 21 heavy (non-hydrogen) atoms. The van der Waals surface area contributed by atoms with Crippen LogP contribution in [0.25, 0.3) is 0 Å². The Morgan fingerprint density at radius 2 is 2.14 bits per heavy atom. The van der Waals surface area contributed by atoms with Gasteiger partial charge in [0.2, 0.25) is 0 Å². The van der Waals surface area contributed by atoms with E-state index in [9.17, 15) is 14.0 Å². The molecule has 0 saturated carbocycles. The zero-order valence-corrected chi connectivity index (χ0v) is 11.5. The molecule has 0 aliphatic carbocycles. The Balaban J connectivity index is 2.06. The van der Waals surface area contributed by atoms with Crippen molar-refractivity contribution in [2.24, 2.45) is 5.73 Å². The number of hydrogen-bond donors (Lipinski definition) is 3. The summed E-state index contributed by atoms with van der Waals surface area (Å²) in [5.41, 5.74) is 5.73. The summed E-state index contributed by atoms with van der Waals surface area (Å²) in [4.78, 5) is 22.7. The summed E-state index contributed by atoms with van der Waals surface area (Å²) >= 11 is 4.75. The molecule has 2 aromatic rings. The summed E-state index contributed by atoms with van der Waals surface area (Å²) in [6.07, 6.45) is 0. The Morgan fingerprint density at radius 3 is 2.71 bits per heavy atom. The lowest BCUT2D eigenvalue weighted by Crippen LogP contribution is -2.25. The van der Waals surface area contributed by atoms with E-state index < -0.39 is 17.3 Å². The maximum atomic E-state index is 13.8. The van der Waals surface area contributed by atoms with E-state index >= 15 is 0 Å². The molecule has 1 amide bonds. The van der Waals surface area contributed by atoms with Crippen LogP contribution in [-0.4, -0.2) is 21.1 Å². The first-order chi connectivity index (χ1) is 9.97. The molecule has 0 aliphatic rings. The molecule has 6 nitrogen and oxygen atoms in total. The number of amides is 1. The molecule has 1 aromatic heterocycles. The minimum absolute atomic E-state index is 0.0247. The number of benzene rings is 1. The quantitative estimate of drug-likeness (QED) is 0.713. The molecule has 8 heteroatoms. The van der Waals surface area contributed by atoms with Crippen LogP contribution in [0.5, 0.6) is 0 Å². The molecule has 1 heterocycles. The van der Waals surface area contributed by atoms with Gasteiger partial charge in [-0.1, -0.05) is 24.4 Å². The molecule has 2 rings (SSSR count). The molecule has 108 valence electrons. The molecule has 0 spiro atoms. The average molecular weight is 306 g/mol. The van der Waals surface area contributed by atoms with Crippen molar-refractivity contribution in [1.29, 1.82) is 0 Å². The topological polar surface area (TPSA) is 101 Å². The number of nitrogens with two attached hydrogens (primary N) is 1. The highest BCUT2D eigenvalue weighted by Gasteiger charge is 2.10. The van der Waals surface area contributed by atoms with Gasteiger partial charge < -0.3 is 11.1 Å². The Kier molecular flexibility index (Phi) is 4.39. The third-order valence-corrected chi connectivity index (χ3v) is 2.92. The number of carbonyl (C=O) groups excluding carboxylic acids is 1. The fraction of sp³-hybridized carbons (Fsp3) is 0.0769. The highest BCUT2D eigenvalue weighted by Crippen LogP contribution is 2.10. The van der Waals surface area contributed by atoms with Crippen LogP contribution in [0.4, 0.5) is 4.39 Å². The number of aromatic nitrogens is 2. The summed E-state index contributed by atoms with van der Waals surface area (Å²) in [6, 6.07) is 6.73. The molecule has 1 aromatic carbocycles. The number of carbonyl (C=O) groups is 1. The fourth-order valence-electron chi connectivity index (χ4n) is 1.58. The first-order valence-electron chi connectivity index (χ1n) is 5.89. The van der Waals surface area contributed by atoms with Crippen molar-refractivity contribution in [2.45, 2.75) is 6.54 Å². The van der Waals surface area contributed by atoms with Gasteiger partial charge in [0, 0.05) is 23.7 Å². The Hall–Kier alpha value is -2.61. The maximum absolute atomic E-state index is 13.8. The predicted molar refractivity (Wildman–Crippen MR) is 78.3 cm³/mol. The van der Waals surface area contributed by atoms with E-state index in [2.05, 4.69) is 15.5 Å². The van der Waals surface area contributed by atoms with Crippen LogP contribution < -0.4 is 16.6 Å². The second-order valence-electron chi connectivity index (χ2n) is 4.16. The smallest absolute Gasteiger partial charge is 0.271 e. The summed E-state index contributed by atoms with van der Waals surface area (Å²) in [5, 5.41) is 8.21. The summed E-state index contributed by atoms with van der Waals surface area (Å²) in [6.45, 7) is -0.0247. The first-order valence-corrected chi connectivity index (χ1v) is 6.30. The van der Waals surface area contributed by atoms with E-state index in [0.29, 0.717) is 5.56 Å². The lowest BCUT2D eigenvalue weighted by Gasteiger charge is -2.07. The predicted octanol–water partition coefficient (Wildman–Crippen LogP) is 0.473. The van der Waals surface area contributed by atoms with Gasteiger partial charge in [0.05, 0.1) is 0 Å². The van der Waals surface area contributed by atoms with E-state index in [0.717, 1.165) is 0 Å². The van der Waals surface area contributed by atoms with Crippen molar-refractivity contribution in [2.75, 3.05) is 0 Å². The van der Waals surface area contributed by atoms with Gasteiger partial charge in [-0.15, -0.1) is 0 Å². The van der Waals surface area contributed by atoms with Gasteiger partial charge in [0.25, 0.3) is 11.5 Å². The van der Waals surface area contributed by atoms with E-state index in [1.54, 1.807) is 6.07 Å². The molecular weight excluding hydrogens is 295 g/mol. The van der Waals surface area contributed by atoms with E-state index in [-0.39, 0.29) is 22.8 Å². The second kappa shape index (κ2) is 6.23. The minimum atomic E-state index is -0.524. The molecule has 0 radical (unpaired) electrons. The normalized spacial score (nSPS) is 10.1. The zero-order valence-electron chi connectivity index (χ0n) is 10.7. The van der Waals surface area contributed by atoms with Gasteiger partial charge in [0.1, 0.15) is 16.5 Å². The lowest BCUT2D eigenvalue weighted by molar-refractivity contribution is 0.0944. The van der Waals surface area contributed by atoms with Crippen LogP contribution in [0.3, 0.4) is 0 Å². The van der Waals surface area contributed by atoms with Crippen LogP contribution in [-0.2, 0) is 6.54 Å². The van der Waals surface area contributed by atoms with Crippen molar-refractivity contribution in [3.05, 3.63) is 63.3 Å². The van der Waals surface area contributed by atoms with Gasteiger partial charge in [-0.25, -0.2) is 9.49 Å².